The van der Waals surface area contributed by atoms with Crippen LogP contribution in [-0.2, 0) is 17.0 Å². The number of fused-ring (bicyclic) bond motifs is 6. The molecule has 0 aliphatic rings. The fourth-order valence-electron chi connectivity index (χ4n) is 7.52. The largest absolute Gasteiger partial charge is 0.417 e. The van der Waals surface area contributed by atoms with E-state index in [9.17, 15) is 8.78 Å². The van der Waals surface area contributed by atoms with Crippen molar-refractivity contribution in [1.82, 2.24) is 9.13 Å². The van der Waals surface area contributed by atoms with Gasteiger partial charge in [0.05, 0.1) is 39.0 Å². The topological polar surface area (TPSA) is 9.86 Å². The second kappa shape index (κ2) is 11.5. The van der Waals surface area contributed by atoms with Crippen LogP contribution >= 0.6 is 0 Å². The highest BCUT2D eigenvalue weighted by Gasteiger charge is 2.36. The van der Waals surface area contributed by atoms with Gasteiger partial charge in [-0.1, -0.05) is 90.1 Å². The summed E-state index contributed by atoms with van der Waals surface area (Å²) in [6.45, 7) is 12.8. The van der Waals surface area contributed by atoms with Crippen LogP contribution in [0.5, 0.6) is 0 Å². The number of para-hydroxylation sites is 2. The predicted octanol–water partition coefficient (Wildman–Crippen LogP) is 13.4. The molecule has 262 valence electrons. The fraction of sp³-hybridized carbons (Fsp3) is 0.200. The molecule has 0 atom stereocenters. The second-order valence-corrected chi connectivity index (χ2v) is 15.7. The average molecular weight is 701 g/mol. The zero-order valence-electron chi connectivity index (χ0n) is 29.8. The molecule has 0 bridgehead atoms. The molecule has 0 N–H and O–H groups in total. The normalized spacial score (nSPS) is 12.9. The summed E-state index contributed by atoms with van der Waals surface area (Å²) in [4.78, 5) is 0. The second-order valence-electron chi connectivity index (χ2n) is 15.7. The van der Waals surface area contributed by atoms with Gasteiger partial charge in [0, 0.05) is 27.6 Å². The number of hydrogen-bond acceptors (Lipinski definition) is 0. The first kappa shape index (κ1) is 33.7. The molecule has 0 saturated carbocycles. The van der Waals surface area contributed by atoms with Crippen molar-refractivity contribution in [1.29, 1.82) is 0 Å². The minimum Gasteiger partial charge on any atom is -0.307 e. The number of nitrogens with zero attached hydrogens (tertiary/aromatic N) is 2. The van der Waals surface area contributed by atoms with Gasteiger partial charge in [0.15, 0.2) is 0 Å². The minimum absolute atomic E-state index is 0.152. The van der Waals surface area contributed by atoms with E-state index in [-0.39, 0.29) is 27.6 Å². The zero-order chi connectivity index (χ0) is 36.9. The van der Waals surface area contributed by atoms with Crippen LogP contribution in [0.1, 0.15) is 58.2 Å². The summed E-state index contributed by atoms with van der Waals surface area (Å²) in [5, 5.41) is 3.70. The first-order valence-electron chi connectivity index (χ1n) is 17.3. The van der Waals surface area contributed by atoms with Crippen LogP contribution in [0.15, 0.2) is 115 Å². The number of halogens is 5. The Balaban J connectivity index is 1.58. The van der Waals surface area contributed by atoms with Crippen molar-refractivity contribution in [3.05, 3.63) is 144 Å². The van der Waals surface area contributed by atoms with E-state index >= 15 is 13.2 Å². The highest BCUT2D eigenvalue weighted by molar-refractivity contribution is 6.12. The molecule has 0 unspecified atom stereocenters. The van der Waals surface area contributed by atoms with Gasteiger partial charge in [-0.25, -0.2) is 8.78 Å². The summed E-state index contributed by atoms with van der Waals surface area (Å²) in [5.74, 6) is -1.92. The molecule has 2 aromatic heterocycles. The van der Waals surface area contributed by atoms with Gasteiger partial charge < -0.3 is 9.13 Å². The molecule has 2 heterocycles. The molecule has 0 fully saturated rings. The van der Waals surface area contributed by atoms with E-state index in [0.717, 1.165) is 72.9 Å². The summed E-state index contributed by atoms with van der Waals surface area (Å²) in [5.41, 5.74) is 4.15. The third kappa shape index (κ3) is 5.45. The van der Waals surface area contributed by atoms with Crippen LogP contribution in [-0.4, -0.2) is 9.13 Å². The number of alkyl halides is 3. The Kier molecular flexibility index (Phi) is 7.48. The summed E-state index contributed by atoms with van der Waals surface area (Å²) < 4.78 is 79.2. The molecule has 52 heavy (non-hydrogen) atoms. The number of benzene rings is 6. The van der Waals surface area contributed by atoms with Crippen molar-refractivity contribution >= 4 is 43.6 Å². The average Bonchev–Trinajstić information content (AvgIpc) is 3.58. The van der Waals surface area contributed by atoms with Crippen LogP contribution in [0.4, 0.5) is 22.0 Å². The molecule has 0 spiro atoms. The van der Waals surface area contributed by atoms with E-state index in [1.807, 2.05) is 75.9 Å². The van der Waals surface area contributed by atoms with E-state index in [0.29, 0.717) is 11.8 Å². The fourth-order valence-corrected chi connectivity index (χ4v) is 7.52. The maximum absolute atomic E-state index is 15.3. The Morgan fingerprint density at radius 2 is 0.865 bits per heavy atom. The van der Waals surface area contributed by atoms with Crippen LogP contribution in [0, 0.1) is 11.6 Å². The van der Waals surface area contributed by atoms with Crippen LogP contribution in [0.25, 0.3) is 66.1 Å². The molecular formula is C45H37F5N2. The van der Waals surface area contributed by atoms with Gasteiger partial charge >= 0.3 is 6.18 Å². The van der Waals surface area contributed by atoms with Crippen molar-refractivity contribution < 1.29 is 22.0 Å². The quantitative estimate of drug-likeness (QED) is 0.162. The van der Waals surface area contributed by atoms with Crippen molar-refractivity contribution in [3.8, 4) is 22.5 Å². The first-order chi connectivity index (χ1) is 24.5. The molecule has 0 saturated heterocycles. The van der Waals surface area contributed by atoms with Crippen molar-refractivity contribution in [2.24, 2.45) is 0 Å². The van der Waals surface area contributed by atoms with Crippen LogP contribution in [0.2, 0.25) is 0 Å². The zero-order valence-corrected chi connectivity index (χ0v) is 29.8. The summed E-state index contributed by atoms with van der Waals surface area (Å²) in [6, 6.07) is 33.0. The predicted molar refractivity (Wildman–Crippen MR) is 203 cm³/mol. The molecule has 0 aliphatic heterocycles. The molecule has 0 radical (unpaired) electrons. The number of aromatic nitrogens is 2. The van der Waals surface area contributed by atoms with Crippen molar-refractivity contribution in [3.63, 3.8) is 0 Å². The van der Waals surface area contributed by atoms with Gasteiger partial charge in [0.1, 0.15) is 11.6 Å². The molecule has 8 aromatic rings. The molecule has 6 aromatic carbocycles. The highest BCUT2D eigenvalue weighted by Crippen LogP contribution is 2.46. The van der Waals surface area contributed by atoms with E-state index in [4.69, 9.17) is 0 Å². The Morgan fingerprint density at radius 1 is 0.442 bits per heavy atom. The lowest BCUT2D eigenvalue weighted by molar-refractivity contribution is -0.137. The molecule has 7 heteroatoms. The van der Waals surface area contributed by atoms with Gasteiger partial charge in [-0.2, -0.15) is 13.2 Å². The lowest BCUT2D eigenvalue weighted by Crippen LogP contribution is -2.13. The SMILES string of the molecule is CC(C)(C)c1ccc2c(c1)c1ccccc1n2-c1cc(-c2cc(F)cc(F)c2)c(C(F)(F)F)cc1-n1c2ccccc2c2cc(C(C)(C)C)ccc21. The smallest absolute Gasteiger partial charge is 0.307 e. The van der Waals surface area contributed by atoms with Crippen LogP contribution in [0.3, 0.4) is 0 Å². The van der Waals surface area contributed by atoms with Crippen LogP contribution < -0.4 is 0 Å². The Morgan fingerprint density at radius 3 is 1.31 bits per heavy atom. The van der Waals surface area contributed by atoms with E-state index < -0.39 is 23.4 Å². The van der Waals surface area contributed by atoms with Crippen molar-refractivity contribution in [2.75, 3.05) is 0 Å². The maximum Gasteiger partial charge on any atom is 0.417 e. The Bertz CT molecular complexity index is 2690. The third-order valence-electron chi connectivity index (χ3n) is 10.2. The lowest BCUT2D eigenvalue weighted by Gasteiger charge is -2.23. The summed E-state index contributed by atoms with van der Waals surface area (Å²) in [7, 11) is 0. The van der Waals surface area contributed by atoms with Gasteiger partial charge in [-0.15, -0.1) is 0 Å². The summed E-state index contributed by atoms with van der Waals surface area (Å²) in [6.07, 6.45) is -4.86. The molecule has 0 aliphatic carbocycles. The number of rotatable bonds is 3. The molecular weight excluding hydrogens is 663 g/mol. The third-order valence-corrected chi connectivity index (χ3v) is 10.2. The maximum atomic E-state index is 15.3. The molecule has 2 nitrogen and oxygen atoms in total. The van der Waals surface area contributed by atoms with Gasteiger partial charge in [0.25, 0.3) is 0 Å². The standard InChI is InChI=1S/C45H37F5N2/c1-43(2,3)27-15-17-39-34(21-27)31-11-7-9-13-37(31)51(39)41-24-33(26-19-29(46)23-30(47)20-26)36(45(48,49)50)25-42(41)52-38-14-10-8-12-32(38)35-22-28(44(4,5)6)16-18-40(35)52/h7-25H,1-6H3. The Labute approximate surface area is 298 Å². The molecule has 0 amide bonds. The first-order valence-corrected chi connectivity index (χ1v) is 17.3. The van der Waals surface area contributed by atoms with Gasteiger partial charge in [0.2, 0.25) is 0 Å². The molecule has 8 rings (SSSR count). The van der Waals surface area contributed by atoms with E-state index in [2.05, 4.69) is 59.7 Å². The van der Waals surface area contributed by atoms with Gasteiger partial charge in [-0.05, 0) is 93.7 Å². The Hall–Kier alpha value is -5.43. The highest BCUT2D eigenvalue weighted by atomic mass is 19.4. The summed E-state index contributed by atoms with van der Waals surface area (Å²) >= 11 is 0. The monoisotopic (exact) mass is 700 g/mol. The van der Waals surface area contributed by atoms with Crippen molar-refractivity contribution in [2.45, 2.75) is 58.5 Å². The van der Waals surface area contributed by atoms with E-state index in [1.165, 1.54) is 6.07 Å². The lowest BCUT2D eigenvalue weighted by atomic mass is 9.86. The van der Waals surface area contributed by atoms with Gasteiger partial charge in [-0.3, -0.25) is 0 Å². The number of hydrogen-bond donors (Lipinski definition) is 0. The van der Waals surface area contributed by atoms with E-state index in [1.54, 1.807) is 0 Å². The minimum atomic E-state index is -4.86.